The molecular weight excluding hydrogens is 580 g/mol. The van der Waals surface area contributed by atoms with Gasteiger partial charge in [-0.3, -0.25) is 9.88 Å². The lowest BCUT2D eigenvalue weighted by atomic mass is 9.73. The summed E-state index contributed by atoms with van der Waals surface area (Å²) >= 11 is 0. The van der Waals surface area contributed by atoms with Crippen molar-refractivity contribution in [1.29, 1.82) is 0 Å². The van der Waals surface area contributed by atoms with Crippen molar-refractivity contribution in [1.82, 2.24) is 9.88 Å². The summed E-state index contributed by atoms with van der Waals surface area (Å²) in [5.74, 6) is 0.187. The van der Waals surface area contributed by atoms with Crippen molar-refractivity contribution >= 4 is 22.8 Å². The van der Waals surface area contributed by atoms with Crippen LogP contribution in [0.3, 0.4) is 0 Å². The molecule has 0 aliphatic carbocycles. The van der Waals surface area contributed by atoms with E-state index in [1.165, 1.54) is 18.6 Å². The summed E-state index contributed by atoms with van der Waals surface area (Å²) in [6.45, 7) is 7.90. The molecule has 7 rings (SSSR count). The summed E-state index contributed by atoms with van der Waals surface area (Å²) in [4.78, 5) is 30.4. The molecule has 3 aliphatic rings. The monoisotopic (exact) mass is 620 g/mol. The highest BCUT2D eigenvalue weighted by Gasteiger charge is 2.42. The number of esters is 1. The second-order valence-corrected chi connectivity index (χ2v) is 11.6. The fourth-order valence-electron chi connectivity index (χ4n) is 6.51. The first kappa shape index (κ1) is 32.6. The number of hydrogen-bond acceptors (Lipinski definition) is 7. The molecule has 0 radical (unpaired) electrons. The van der Waals surface area contributed by atoms with Crippen LogP contribution in [0, 0.1) is 11.8 Å². The number of carboxylic acid groups (broad SMARTS) is 1. The minimum absolute atomic E-state index is 0.0421. The third kappa shape index (κ3) is 7.19. The average molecular weight is 621 g/mol. The molecule has 0 saturated carbocycles. The quantitative estimate of drug-likeness (QED) is 0.152. The smallest absolute Gasteiger partial charge is 0.339 e. The van der Waals surface area contributed by atoms with E-state index in [1.54, 1.807) is 37.6 Å². The van der Waals surface area contributed by atoms with Crippen LogP contribution in [0.2, 0.25) is 0 Å². The molecule has 8 heteroatoms. The van der Waals surface area contributed by atoms with Gasteiger partial charge in [-0.15, -0.1) is 6.58 Å². The number of pyridine rings is 1. The minimum Gasteiger partial charge on any atom is -0.497 e. The van der Waals surface area contributed by atoms with Crippen LogP contribution in [0.4, 0.5) is 0 Å². The molecule has 4 aromatic rings. The number of methoxy groups -OCH3 is 1. The second kappa shape index (κ2) is 15.0. The maximum Gasteiger partial charge on any atom is 0.339 e. The van der Waals surface area contributed by atoms with Crippen molar-refractivity contribution < 1.29 is 29.3 Å². The molecule has 3 aliphatic heterocycles. The second-order valence-electron chi connectivity index (χ2n) is 11.6. The third-order valence-corrected chi connectivity index (χ3v) is 8.93. The van der Waals surface area contributed by atoms with Crippen LogP contribution in [0.5, 0.6) is 5.75 Å². The molecule has 2 N–H and O–H groups in total. The molecule has 3 saturated heterocycles. The van der Waals surface area contributed by atoms with Gasteiger partial charge in [0.05, 0.1) is 29.9 Å². The van der Waals surface area contributed by atoms with Crippen LogP contribution in [-0.2, 0) is 4.74 Å². The molecule has 6 atom stereocenters. The molecular formula is C38H40N2O6. The molecule has 0 spiro atoms. The van der Waals surface area contributed by atoms with Crippen LogP contribution in [-0.4, -0.2) is 58.3 Å². The number of aliphatic hydroxyl groups is 1. The first-order chi connectivity index (χ1) is 22.3. The van der Waals surface area contributed by atoms with Gasteiger partial charge in [-0.1, -0.05) is 54.6 Å². The Hall–Kier alpha value is -4.79. The molecule has 8 nitrogen and oxygen atoms in total. The van der Waals surface area contributed by atoms with Crippen LogP contribution < -0.4 is 4.74 Å². The third-order valence-electron chi connectivity index (χ3n) is 8.93. The number of aromatic carboxylic acids is 1. The van der Waals surface area contributed by atoms with E-state index in [-0.39, 0.29) is 17.2 Å². The fraction of sp³-hybridized carbons (Fsp3) is 0.289. The Labute approximate surface area is 269 Å². The van der Waals surface area contributed by atoms with Gasteiger partial charge in [0.2, 0.25) is 0 Å². The number of hydrogen-bond donors (Lipinski definition) is 2. The maximum atomic E-state index is 12.3. The van der Waals surface area contributed by atoms with E-state index in [0.29, 0.717) is 11.8 Å². The van der Waals surface area contributed by atoms with Crippen molar-refractivity contribution in [2.45, 2.75) is 38.0 Å². The highest BCUT2D eigenvalue weighted by Crippen LogP contribution is 2.42. The van der Waals surface area contributed by atoms with E-state index >= 15 is 0 Å². The number of carbonyl (C=O) groups is 2. The Morgan fingerprint density at radius 2 is 1.78 bits per heavy atom. The van der Waals surface area contributed by atoms with E-state index in [2.05, 4.69) is 22.5 Å². The van der Waals surface area contributed by atoms with Gasteiger partial charge in [0.25, 0.3) is 0 Å². The van der Waals surface area contributed by atoms with Crippen molar-refractivity contribution in [2.24, 2.45) is 11.8 Å². The van der Waals surface area contributed by atoms with Crippen LogP contribution in [0.15, 0.2) is 110 Å². The summed E-state index contributed by atoms with van der Waals surface area (Å²) in [6, 6.07) is 23.2. The largest absolute Gasteiger partial charge is 0.497 e. The zero-order valence-electron chi connectivity index (χ0n) is 26.2. The first-order valence-electron chi connectivity index (χ1n) is 15.5. The number of carboxylic acids is 1. The molecule has 2 bridgehead atoms. The Morgan fingerprint density at radius 3 is 2.43 bits per heavy atom. The number of ether oxygens (including phenoxy) is 2. The van der Waals surface area contributed by atoms with Crippen LogP contribution in [0.25, 0.3) is 10.9 Å². The lowest BCUT2D eigenvalue weighted by molar-refractivity contribution is -0.0444. The zero-order chi connectivity index (χ0) is 32.6. The SMILES string of the molecule is C/C=C/C(OC(=O)c1ccccc1C(=O)O)c1ccccc1.C=CC1CN2CCC1CC2C(O)c1ccnc2ccc(OC)cc12. The number of allylic oxidation sites excluding steroid dienone is 1. The van der Waals surface area contributed by atoms with E-state index in [1.807, 2.05) is 61.5 Å². The number of rotatable bonds is 9. The molecule has 3 aromatic carbocycles. The number of carbonyl (C=O) groups excluding carboxylic acids is 1. The Balaban J connectivity index is 0.000000182. The Kier molecular flexibility index (Phi) is 10.6. The predicted molar refractivity (Wildman–Crippen MR) is 178 cm³/mol. The van der Waals surface area contributed by atoms with Gasteiger partial charge in [0.15, 0.2) is 0 Å². The highest BCUT2D eigenvalue weighted by molar-refractivity contribution is 6.02. The topological polar surface area (TPSA) is 109 Å². The molecule has 1 aromatic heterocycles. The van der Waals surface area contributed by atoms with E-state index < -0.39 is 24.1 Å². The average Bonchev–Trinajstić information content (AvgIpc) is 3.11. The number of nitrogens with zero attached hydrogens (tertiary/aromatic N) is 2. The molecule has 4 heterocycles. The van der Waals surface area contributed by atoms with E-state index in [9.17, 15) is 14.7 Å². The summed E-state index contributed by atoms with van der Waals surface area (Å²) < 4.78 is 10.8. The normalized spacial score (nSPS) is 21.5. The van der Waals surface area contributed by atoms with Crippen molar-refractivity contribution in [3.05, 3.63) is 132 Å². The van der Waals surface area contributed by atoms with Crippen LogP contribution >= 0.6 is 0 Å². The maximum absolute atomic E-state index is 12.3. The zero-order valence-corrected chi connectivity index (χ0v) is 26.2. The predicted octanol–water partition coefficient (Wildman–Crippen LogP) is 7.03. The number of piperidine rings is 3. The van der Waals surface area contributed by atoms with Crippen LogP contribution in [0.1, 0.15) is 63.8 Å². The molecule has 0 amide bonds. The first-order valence-corrected chi connectivity index (χ1v) is 15.5. The van der Waals surface area contributed by atoms with Crippen molar-refractivity contribution in [3.63, 3.8) is 0 Å². The molecule has 3 fully saturated rings. The summed E-state index contributed by atoms with van der Waals surface area (Å²) in [6.07, 6.45) is 8.60. The summed E-state index contributed by atoms with van der Waals surface area (Å²) in [7, 11) is 1.66. The lowest BCUT2D eigenvalue weighted by Gasteiger charge is -2.50. The van der Waals surface area contributed by atoms with Gasteiger partial charge >= 0.3 is 11.9 Å². The standard InChI is InChI=1S/C20H24N2O2.C18H16O4/c1-3-13-12-22-9-7-14(13)10-19(22)20(23)16-6-8-21-18-5-4-15(24-2)11-17(16)18;1-2-8-16(13-9-4-3-5-10-13)22-18(21)15-12-7-6-11-14(15)17(19)20/h3-6,8,11,13-14,19-20,23H,1,7,9-10,12H2,2H3;2-12,16H,1H3,(H,19,20)/b;8-2+. The Bertz CT molecular complexity index is 1700. The number of benzene rings is 3. The highest BCUT2D eigenvalue weighted by atomic mass is 16.5. The fourth-order valence-corrected chi connectivity index (χ4v) is 6.51. The minimum atomic E-state index is -1.16. The number of aromatic nitrogens is 1. The summed E-state index contributed by atoms with van der Waals surface area (Å²) in [5, 5.41) is 21.3. The van der Waals surface area contributed by atoms with Crippen molar-refractivity contribution in [2.75, 3.05) is 20.2 Å². The summed E-state index contributed by atoms with van der Waals surface area (Å²) in [5.41, 5.74) is 2.64. The number of fused-ring (bicyclic) bond motifs is 4. The lowest BCUT2D eigenvalue weighted by Crippen LogP contribution is -2.54. The van der Waals surface area contributed by atoms with E-state index in [0.717, 1.165) is 47.3 Å². The number of aliphatic hydroxyl groups excluding tert-OH is 1. The molecule has 6 unspecified atom stereocenters. The van der Waals surface area contributed by atoms with Gasteiger partial charge in [-0.2, -0.15) is 0 Å². The van der Waals surface area contributed by atoms with Gasteiger partial charge in [0.1, 0.15) is 11.9 Å². The van der Waals surface area contributed by atoms with Gasteiger partial charge in [0, 0.05) is 24.2 Å². The Morgan fingerprint density at radius 1 is 1.04 bits per heavy atom. The molecule has 46 heavy (non-hydrogen) atoms. The van der Waals surface area contributed by atoms with Gasteiger partial charge < -0.3 is 19.7 Å². The van der Waals surface area contributed by atoms with Gasteiger partial charge in [-0.25, -0.2) is 9.59 Å². The van der Waals surface area contributed by atoms with E-state index in [4.69, 9.17) is 14.6 Å². The van der Waals surface area contributed by atoms with Crippen molar-refractivity contribution in [3.8, 4) is 5.75 Å². The van der Waals surface area contributed by atoms with Gasteiger partial charge in [-0.05, 0) is 91.7 Å². The molecule has 238 valence electrons.